The minimum absolute atomic E-state index is 0.0556. The zero-order valence-corrected chi connectivity index (χ0v) is 17.9. The molecule has 1 amide bonds. The van der Waals surface area contributed by atoms with Gasteiger partial charge < -0.3 is 20.2 Å². The van der Waals surface area contributed by atoms with Gasteiger partial charge in [0.15, 0.2) is 0 Å². The molecule has 3 aliphatic rings. The van der Waals surface area contributed by atoms with Crippen molar-refractivity contribution in [3.8, 4) is 0 Å². The van der Waals surface area contributed by atoms with Gasteiger partial charge in [0.2, 0.25) is 5.91 Å². The molecule has 0 spiro atoms. The lowest BCUT2D eigenvalue weighted by Gasteiger charge is -2.36. The Morgan fingerprint density at radius 3 is 2.72 bits per heavy atom. The van der Waals surface area contributed by atoms with E-state index in [9.17, 15) is 9.90 Å². The Balaban J connectivity index is 1.49. The van der Waals surface area contributed by atoms with Crippen molar-refractivity contribution in [2.75, 3.05) is 39.0 Å². The number of fused-ring (bicyclic) bond motifs is 1. The molecule has 1 saturated carbocycles. The van der Waals surface area contributed by atoms with Gasteiger partial charge in [0.05, 0.1) is 24.3 Å². The summed E-state index contributed by atoms with van der Waals surface area (Å²) < 4.78 is 0. The third-order valence-corrected chi connectivity index (χ3v) is 6.92. The van der Waals surface area contributed by atoms with Gasteiger partial charge in [-0.25, -0.2) is 9.97 Å². The highest BCUT2D eigenvalue weighted by molar-refractivity contribution is 5.78. The Labute approximate surface area is 173 Å². The number of aliphatic hydroxyl groups is 1. The zero-order chi connectivity index (χ0) is 20.4. The second kappa shape index (κ2) is 8.56. The second-order valence-electron chi connectivity index (χ2n) is 9.23. The van der Waals surface area contributed by atoms with Crippen LogP contribution in [0.2, 0.25) is 0 Å². The molecule has 1 aromatic heterocycles. The number of hydrogen-bond acceptors (Lipinski definition) is 6. The molecule has 0 bridgehead atoms. The van der Waals surface area contributed by atoms with E-state index >= 15 is 0 Å². The van der Waals surface area contributed by atoms with Gasteiger partial charge in [-0.2, -0.15) is 0 Å². The van der Waals surface area contributed by atoms with E-state index < -0.39 is 5.60 Å². The quantitative estimate of drug-likeness (QED) is 0.806. The number of carbonyl (C=O) groups excluding carboxylic acids is 1. The van der Waals surface area contributed by atoms with Crippen LogP contribution in [0.1, 0.15) is 74.4 Å². The van der Waals surface area contributed by atoms with Gasteiger partial charge in [-0.15, -0.1) is 0 Å². The van der Waals surface area contributed by atoms with E-state index in [0.29, 0.717) is 19.0 Å². The third-order valence-electron chi connectivity index (χ3n) is 6.92. The van der Waals surface area contributed by atoms with Crippen LogP contribution in [0.25, 0.3) is 0 Å². The number of nitrogens with zero attached hydrogens (tertiary/aromatic N) is 4. The molecule has 3 heterocycles. The highest BCUT2D eigenvalue weighted by atomic mass is 16.3. The highest BCUT2D eigenvalue weighted by Gasteiger charge is 2.35. The molecule has 29 heavy (non-hydrogen) atoms. The number of aromatic nitrogens is 2. The Morgan fingerprint density at radius 1 is 1.21 bits per heavy atom. The molecule has 2 N–H and O–H groups in total. The average molecular weight is 402 g/mol. The van der Waals surface area contributed by atoms with Crippen LogP contribution in [0, 0.1) is 0 Å². The predicted octanol–water partition coefficient (Wildman–Crippen LogP) is 2.30. The lowest BCUT2D eigenvalue weighted by atomic mass is 9.82. The fourth-order valence-electron chi connectivity index (χ4n) is 5.19. The van der Waals surface area contributed by atoms with Gasteiger partial charge in [0.25, 0.3) is 0 Å². The number of likely N-dealkylation sites (N-methyl/N-ethyl adjacent to an activating group) is 1. The molecule has 2 aliphatic heterocycles. The standard InChI is InChI=1S/C22H35N5O2/c1-23-21-17-15-27(19(28)13-22(29)9-4-3-5-10-22)12-8-18(17)24-20(25-21)16-7-6-11-26(2)14-16/h16,29H,3-15H2,1-2H3,(H,23,24,25)/t16-/m1/s1. The monoisotopic (exact) mass is 401 g/mol. The van der Waals surface area contributed by atoms with E-state index in [1.165, 1.54) is 6.42 Å². The number of piperidine rings is 1. The first kappa shape index (κ1) is 20.5. The van der Waals surface area contributed by atoms with Crippen molar-refractivity contribution in [3.05, 3.63) is 17.1 Å². The fraction of sp³-hybridized carbons (Fsp3) is 0.773. The Kier molecular flexibility index (Phi) is 6.06. The lowest BCUT2D eigenvalue weighted by molar-refractivity contribution is -0.138. The summed E-state index contributed by atoms with van der Waals surface area (Å²) in [5.74, 6) is 2.23. The van der Waals surface area contributed by atoms with Gasteiger partial charge in [0, 0.05) is 38.0 Å². The number of nitrogens with one attached hydrogen (secondary N) is 1. The molecule has 1 aliphatic carbocycles. The Morgan fingerprint density at radius 2 is 2.00 bits per heavy atom. The maximum absolute atomic E-state index is 12.9. The molecule has 0 unspecified atom stereocenters. The van der Waals surface area contributed by atoms with Gasteiger partial charge in [-0.05, 0) is 39.3 Å². The molecular formula is C22H35N5O2. The van der Waals surface area contributed by atoms with Crippen molar-refractivity contribution >= 4 is 11.7 Å². The van der Waals surface area contributed by atoms with Crippen LogP contribution in [-0.4, -0.2) is 70.1 Å². The number of rotatable bonds is 4. The minimum Gasteiger partial charge on any atom is -0.389 e. The summed E-state index contributed by atoms with van der Waals surface area (Å²) in [5, 5.41) is 14.0. The first-order chi connectivity index (χ1) is 14.0. The zero-order valence-electron chi connectivity index (χ0n) is 17.9. The lowest BCUT2D eigenvalue weighted by Crippen LogP contribution is -2.43. The topological polar surface area (TPSA) is 81.6 Å². The third kappa shape index (κ3) is 4.56. The van der Waals surface area contributed by atoms with Crippen LogP contribution in [0.5, 0.6) is 0 Å². The fourth-order valence-corrected chi connectivity index (χ4v) is 5.19. The minimum atomic E-state index is -0.811. The van der Waals surface area contributed by atoms with Crippen molar-refractivity contribution < 1.29 is 9.90 Å². The summed E-state index contributed by atoms with van der Waals surface area (Å²) in [5.41, 5.74) is 1.30. The van der Waals surface area contributed by atoms with E-state index in [2.05, 4.69) is 17.3 Å². The maximum Gasteiger partial charge on any atom is 0.225 e. The molecule has 1 atom stereocenters. The molecule has 0 aromatic carbocycles. The molecule has 2 fully saturated rings. The van der Waals surface area contributed by atoms with E-state index in [0.717, 1.165) is 80.9 Å². The van der Waals surface area contributed by atoms with Gasteiger partial charge in [-0.1, -0.05) is 19.3 Å². The molecule has 7 nitrogen and oxygen atoms in total. The van der Waals surface area contributed by atoms with E-state index in [1.54, 1.807) is 0 Å². The average Bonchev–Trinajstić information content (AvgIpc) is 2.72. The molecule has 7 heteroatoms. The summed E-state index contributed by atoms with van der Waals surface area (Å²) in [6, 6.07) is 0. The van der Waals surface area contributed by atoms with Gasteiger partial charge in [0.1, 0.15) is 11.6 Å². The van der Waals surface area contributed by atoms with Crippen molar-refractivity contribution in [2.24, 2.45) is 0 Å². The normalized spacial score (nSPS) is 24.8. The maximum atomic E-state index is 12.9. The summed E-state index contributed by atoms with van der Waals surface area (Å²) in [4.78, 5) is 27.0. The van der Waals surface area contributed by atoms with Crippen LogP contribution in [-0.2, 0) is 17.8 Å². The van der Waals surface area contributed by atoms with Crippen molar-refractivity contribution in [3.63, 3.8) is 0 Å². The van der Waals surface area contributed by atoms with Gasteiger partial charge in [-0.3, -0.25) is 4.79 Å². The molecule has 1 saturated heterocycles. The second-order valence-corrected chi connectivity index (χ2v) is 9.23. The summed E-state index contributed by atoms with van der Waals surface area (Å²) >= 11 is 0. The number of amides is 1. The van der Waals surface area contributed by atoms with Crippen LogP contribution in [0.15, 0.2) is 0 Å². The van der Waals surface area contributed by atoms with Crippen LogP contribution < -0.4 is 5.32 Å². The highest BCUT2D eigenvalue weighted by Crippen LogP contribution is 2.33. The summed E-state index contributed by atoms with van der Waals surface area (Å²) in [6.07, 6.45) is 8.00. The largest absolute Gasteiger partial charge is 0.389 e. The SMILES string of the molecule is CNc1nc([C@@H]2CCCN(C)C2)nc2c1CN(C(=O)CC1(O)CCCCC1)CC2. The first-order valence-electron chi connectivity index (χ1n) is 11.2. The first-order valence-corrected chi connectivity index (χ1v) is 11.2. The number of likely N-dealkylation sites (tertiary alicyclic amines) is 1. The Hall–Kier alpha value is -1.73. The molecule has 4 rings (SSSR count). The van der Waals surface area contributed by atoms with Crippen molar-refractivity contribution in [2.45, 2.75) is 75.9 Å². The van der Waals surface area contributed by atoms with E-state index in [1.807, 2.05) is 11.9 Å². The molecule has 160 valence electrons. The smallest absolute Gasteiger partial charge is 0.225 e. The van der Waals surface area contributed by atoms with E-state index in [-0.39, 0.29) is 12.3 Å². The van der Waals surface area contributed by atoms with Crippen molar-refractivity contribution in [1.82, 2.24) is 19.8 Å². The van der Waals surface area contributed by atoms with Crippen LogP contribution >= 0.6 is 0 Å². The van der Waals surface area contributed by atoms with Crippen LogP contribution in [0.3, 0.4) is 0 Å². The molecule has 0 radical (unpaired) electrons. The number of hydrogen-bond donors (Lipinski definition) is 2. The van der Waals surface area contributed by atoms with Crippen molar-refractivity contribution in [1.29, 1.82) is 0 Å². The molecule has 1 aromatic rings. The summed E-state index contributed by atoms with van der Waals surface area (Å²) in [7, 11) is 4.05. The number of carbonyl (C=O) groups is 1. The number of anilines is 1. The van der Waals surface area contributed by atoms with E-state index in [4.69, 9.17) is 9.97 Å². The predicted molar refractivity (Wildman–Crippen MR) is 113 cm³/mol. The summed E-state index contributed by atoms with van der Waals surface area (Å²) in [6.45, 7) is 3.35. The van der Waals surface area contributed by atoms with Gasteiger partial charge >= 0.3 is 0 Å². The Bertz CT molecular complexity index is 730. The van der Waals surface area contributed by atoms with Crippen LogP contribution in [0.4, 0.5) is 5.82 Å². The molecular weight excluding hydrogens is 366 g/mol.